The number of urea groups is 1. The van der Waals surface area contributed by atoms with Crippen LogP contribution in [0.5, 0.6) is 0 Å². The Morgan fingerprint density at radius 1 is 1.62 bits per heavy atom. The van der Waals surface area contributed by atoms with E-state index in [1.165, 1.54) is 4.88 Å². The van der Waals surface area contributed by atoms with E-state index in [0.717, 1.165) is 17.8 Å². The Bertz CT molecular complexity index is 491. The number of morpholine rings is 1. The van der Waals surface area contributed by atoms with Gasteiger partial charge in [0, 0.05) is 17.6 Å². The minimum atomic E-state index is -0.227. The van der Waals surface area contributed by atoms with Crippen LogP contribution < -0.4 is 5.32 Å². The summed E-state index contributed by atoms with van der Waals surface area (Å²) in [6.07, 6.45) is 3.78. The van der Waals surface area contributed by atoms with Crippen molar-refractivity contribution in [3.05, 3.63) is 16.1 Å². The molecule has 1 aromatic heterocycles. The Morgan fingerprint density at radius 3 is 3.00 bits per heavy atom. The fourth-order valence-electron chi connectivity index (χ4n) is 2.34. The van der Waals surface area contributed by atoms with Crippen molar-refractivity contribution >= 4 is 17.4 Å². The van der Waals surface area contributed by atoms with E-state index < -0.39 is 0 Å². The fraction of sp³-hybridized carbons (Fsp3) is 0.733. The Balaban J connectivity index is 1.94. The van der Waals surface area contributed by atoms with Crippen molar-refractivity contribution in [2.75, 3.05) is 19.7 Å². The van der Waals surface area contributed by atoms with E-state index in [4.69, 9.17) is 4.74 Å². The minimum Gasteiger partial charge on any atom is -0.372 e. The van der Waals surface area contributed by atoms with Crippen molar-refractivity contribution in [2.45, 2.75) is 52.2 Å². The second-order valence-electron chi connectivity index (χ2n) is 5.76. The van der Waals surface area contributed by atoms with Crippen LogP contribution >= 0.6 is 11.3 Å². The molecular weight excluding hydrogens is 286 g/mol. The van der Waals surface area contributed by atoms with Crippen LogP contribution in [0.15, 0.2) is 6.20 Å². The second kappa shape index (κ2) is 6.75. The van der Waals surface area contributed by atoms with Crippen LogP contribution in [-0.4, -0.2) is 41.2 Å². The maximum atomic E-state index is 12.4. The van der Waals surface area contributed by atoms with Crippen molar-refractivity contribution in [3.8, 4) is 0 Å². The SMILES string of the molecule is CCc1cnc([C@H](C)NC(=O)N2CCO[C@](C)(CC)C2)s1. The number of rotatable bonds is 4. The lowest BCUT2D eigenvalue weighted by Gasteiger charge is -2.40. The molecule has 6 heteroatoms. The number of hydrogen-bond acceptors (Lipinski definition) is 4. The summed E-state index contributed by atoms with van der Waals surface area (Å²) >= 11 is 1.66. The summed E-state index contributed by atoms with van der Waals surface area (Å²) in [6.45, 7) is 10.1. The fourth-order valence-corrected chi connectivity index (χ4v) is 3.20. The first-order chi connectivity index (χ1) is 9.97. The van der Waals surface area contributed by atoms with Gasteiger partial charge in [0.25, 0.3) is 0 Å². The van der Waals surface area contributed by atoms with Crippen LogP contribution in [0.2, 0.25) is 0 Å². The van der Waals surface area contributed by atoms with Crippen LogP contribution in [0.25, 0.3) is 0 Å². The number of aryl methyl sites for hydroxylation is 1. The van der Waals surface area contributed by atoms with Crippen molar-refractivity contribution < 1.29 is 9.53 Å². The molecule has 2 rings (SSSR count). The maximum absolute atomic E-state index is 12.4. The molecular formula is C15H25N3O2S. The molecule has 0 radical (unpaired) electrons. The molecule has 0 bridgehead atoms. The quantitative estimate of drug-likeness (QED) is 0.930. The summed E-state index contributed by atoms with van der Waals surface area (Å²) in [5.74, 6) is 0. The normalized spacial score (nSPS) is 23.9. The zero-order valence-corrected chi connectivity index (χ0v) is 14.1. The number of nitrogens with zero attached hydrogens (tertiary/aromatic N) is 2. The summed E-state index contributed by atoms with van der Waals surface area (Å²) in [4.78, 5) is 19.9. The highest BCUT2D eigenvalue weighted by atomic mass is 32.1. The van der Waals surface area contributed by atoms with Crippen LogP contribution in [-0.2, 0) is 11.2 Å². The Labute approximate surface area is 130 Å². The van der Waals surface area contributed by atoms with Gasteiger partial charge >= 0.3 is 6.03 Å². The molecule has 0 aromatic carbocycles. The first-order valence-electron chi connectivity index (χ1n) is 7.61. The highest BCUT2D eigenvalue weighted by Crippen LogP contribution is 2.23. The summed E-state index contributed by atoms with van der Waals surface area (Å²) in [5, 5.41) is 4.01. The summed E-state index contributed by atoms with van der Waals surface area (Å²) in [7, 11) is 0. The molecule has 1 N–H and O–H groups in total. The number of ether oxygens (including phenoxy) is 1. The highest BCUT2D eigenvalue weighted by molar-refractivity contribution is 7.11. The monoisotopic (exact) mass is 311 g/mol. The molecule has 0 aliphatic carbocycles. The van der Waals surface area contributed by atoms with E-state index in [1.54, 1.807) is 11.3 Å². The molecule has 0 saturated carbocycles. The lowest BCUT2D eigenvalue weighted by Crippen LogP contribution is -2.54. The van der Waals surface area contributed by atoms with Gasteiger partial charge in [-0.05, 0) is 26.7 Å². The molecule has 1 fully saturated rings. The number of amides is 2. The Hall–Kier alpha value is -1.14. The standard InChI is InChI=1S/C15H25N3O2S/c1-5-12-9-16-13(21-12)11(3)17-14(19)18-7-8-20-15(4,6-2)10-18/h9,11H,5-8,10H2,1-4H3,(H,17,19)/t11-,15+/m0/s1. The largest absolute Gasteiger partial charge is 0.372 e. The Morgan fingerprint density at radius 2 is 2.38 bits per heavy atom. The third-order valence-corrected chi connectivity index (χ3v) is 5.33. The van der Waals surface area contributed by atoms with Crippen LogP contribution in [0.1, 0.15) is 50.0 Å². The molecule has 1 aliphatic rings. The predicted molar refractivity (Wildman–Crippen MR) is 84.7 cm³/mol. The van der Waals surface area contributed by atoms with Gasteiger partial charge in [-0.15, -0.1) is 11.3 Å². The van der Waals surface area contributed by atoms with Crippen molar-refractivity contribution in [1.82, 2.24) is 15.2 Å². The van der Waals surface area contributed by atoms with Gasteiger partial charge in [0.2, 0.25) is 0 Å². The topological polar surface area (TPSA) is 54.5 Å². The predicted octanol–water partition coefficient (Wildman–Crippen LogP) is 2.98. The molecule has 1 aliphatic heterocycles. The molecule has 21 heavy (non-hydrogen) atoms. The van der Waals surface area contributed by atoms with Gasteiger partial charge in [0.15, 0.2) is 0 Å². The molecule has 0 spiro atoms. The number of thiazole rings is 1. The van der Waals surface area contributed by atoms with Gasteiger partial charge in [-0.25, -0.2) is 9.78 Å². The van der Waals surface area contributed by atoms with E-state index >= 15 is 0 Å². The van der Waals surface area contributed by atoms with E-state index in [2.05, 4.69) is 31.1 Å². The summed E-state index contributed by atoms with van der Waals surface area (Å²) in [6, 6.07) is -0.0859. The zero-order valence-electron chi connectivity index (χ0n) is 13.3. The maximum Gasteiger partial charge on any atom is 0.318 e. The van der Waals surface area contributed by atoms with Gasteiger partial charge in [-0.2, -0.15) is 0 Å². The average molecular weight is 311 g/mol. The lowest BCUT2D eigenvalue weighted by atomic mass is 10.0. The first-order valence-corrected chi connectivity index (χ1v) is 8.43. The van der Waals surface area contributed by atoms with E-state index in [0.29, 0.717) is 19.7 Å². The van der Waals surface area contributed by atoms with Crippen molar-refractivity contribution in [3.63, 3.8) is 0 Å². The van der Waals surface area contributed by atoms with Crippen LogP contribution in [0.4, 0.5) is 4.79 Å². The van der Waals surface area contributed by atoms with Gasteiger partial charge < -0.3 is 15.0 Å². The molecule has 118 valence electrons. The lowest BCUT2D eigenvalue weighted by molar-refractivity contribution is -0.0874. The summed E-state index contributed by atoms with van der Waals surface area (Å²) < 4.78 is 5.77. The Kier molecular flexibility index (Phi) is 5.22. The van der Waals surface area contributed by atoms with Gasteiger partial charge in [-0.3, -0.25) is 0 Å². The molecule has 1 aromatic rings. The van der Waals surface area contributed by atoms with Gasteiger partial charge in [0.1, 0.15) is 5.01 Å². The van der Waals surface area contributed by atoms with Crippen LogP contribution in [0.3, 0.4) is 0 Å². The van der Waals surface area contributed by atoms with E-state index in [-0.39, 0.29) is 17.7 Å². The number of carbonyl (C=O) groups excluding carboxylic acids is 1. The zero-order chi connectivity index (χ0) is 15.5. The number of aromatic nitrogens is 1. The van der Waals surface area contributed by atoms with Gasteiger partial charge in [-0.1, -0.05) is 13.8 Å². The minimum absolute atomic E-state index is 0.0290. The molecule has 2 atom stereocenters. The van der Waals surface area contributed by atoms with Crippen molar-refractivity contribution in [2.24, 2.45) is 0 Å². The average Bonchev–Trinajstić information content (AvgIpc) is 2.96. The second-order valence-corrected chi connectivity index (χ2v) is 6.91. The molecule has 5 nitrogen and oxygen atoms in total. The molecule has 0 unspecified atom stereocenters. The highest BCUT2D eigenvalue weighted by Gasteiger charge is 2.33. The number of carbonyl (C=O) groups is 1. The van der Waals surface area contributed by atoms with E-state index in [1.807, 2.05) is 18.0 Å². The van der Waals surface area contributed by atoms with Crippen molar-refractivity contribution in [1.29, 1.82) is 0 Å². The number of hydrogen-bond donors (Lipinski definition) is 1. The van der Waals surface area contributed by atoms with Gasteiger partial charge in [0.05, 0.1) is 24.8 Å². The summed E-state index contributed by atoms with van der Waals surface area (Å²) in [5.41, 5.74) is -0.227. The third kappa shape index (κ3) is 3.95. The molecule has 1 saturated heterocycles. The first kappa shape index (κ1) is 16.2. The van der Waals surface area contributed by atoms with Crippen LogP contribution in [0, 0.1) is 0 Å². The molecule has 2 amide bonds. The molecule has 2 heterocycles. The smallest absolute Gasteiger partial charge is 0.318 e. The third-order valence-electron chi connectivity index (χ3n) is 4.00. The van der Waals surface area contributed by atoms with E-state index in [9.17, 15) is 4.79 Å². The number of nitrogens with one attached hydrogen (secondary N) is 1.